The Morgan fingerprint density at radius 2 is 2.00 bits per heavy atom. The van der Waals surface area contributed by atoms with Crippen LogP contribution in [0.5, 0.6) is 0 Å². The molecular formula is C15H18N2. The first-order valence-corrected chi connectivity index (χ1v) is 5.96. The van der Waals surface area contributed by atoms with E-state index >= 15 is 0 Å². The highest BCUT2D eigenvalue weighted by atomic mass is 14.7. The maximum atomic E-state index is 5.77. The van der Waals surface area contributed by atoms with Crippen LogP contribution in [-0.4, -0.2) is 4.98 Å². The molecule has 1 aromatic carbocycles. The highest BCUT2D eigenvalue weighted by molar-refractivity contribution is 5.63. The largest absolute Gasteiger partial charge is 0.399 e. The molecule has 0 saturated heterocycles. The Hall–Kier alpha value is -1.83. The second kappa shape index (κ2) is 5.00. The lowest BCUT2D eigenvalue weighted by Gasteiger charge is -2.07. The molecule has 0 fully saturated rings. The van der Waals surface area contributed by atoms with Crippen LogP contribution in [0, 0.1) is 5.92 Å². The van der Waals surface area contributed by atoms with E-state index in [4.69, 9.17) is 5.73 Å². The molecule has 2 rings (SSSR count). The highest BCUT2D eigenvalue weighted by Crippen LogP contribution is 2.21. The van der Waals surface area contributed by atoms with E-state index in [0.29, 0.717) is 5.92 Å². The second-order valence-corrected chi connectivity index (χ2v) is 4.77. The minimum Gasteiger partial charge on any atom is -0.399 e. The lowest BCUT2D eigenvalue weighted by Crippen LogP contribution is -1.94. The summed E-state index contributed by atoms with van der Waals surface area (Å²) >= 11 is 0. The summed E-state index contributed by atoms with van der Waals surface area (Å²) in [4.78, 5) is 4.35. The average molecular weight is 226 g/mol. The van der Waals surface area contributed by atoms with E-state index in [1.165, 1.54) is 5.56 Å². The van der Waals surface area contributed by atoms with Gasteiger partial charge in [-0.05, 0) is 36.1 Å². The Morgan fingerprint density at radius 1 is 1.18 bits per heavy atom. The van der Waals surface area contributed by atoms with E-state index in [2.05, 4.69) is 43.1 Å². The van der Waals surface area contributed by atoms with Gasteiger partial charge in [0.25, 0.3) is 0 Å². The van der Waals surface area contributed by atoms with Crippen LogP contribution >= 0.6 is 0 Å². The lowest BCUT2D eigenvalue weighted by molar-refractivity contribution is 0.647. The van der Waals surface area contributed by atoms with Crippen LogP contribution < -0.4 is 5.73 Å². The third kappa shape index (κ3) is 3.06. The van der Waals surface area contributed by atoms with Gasteiger partial charge in [-0.25, -0.2) is 0 Å². The zero-order chi connectivity index (χ0) is 12.3. The van der Waals surface area contributed by atoms with E-state index in [9.17, 15) is 0 Å². The highest BCUT2D eigenvalue weighted by Gasteiger charge is 2.02. The molecule has 0 aliphatic heterocycles. The van der Waals surface area contributed by atoms with Crippen molar-refractivity contribution in [1.29, 1.82) is 0 Å². The number of nitrogens with zero attached hydrogens (tertiary/aromatic N) is 1. The number of nitrogens with two attached hydrogens (primary N) is 1. The van der Waals surface area contributed by atoms with Gasteiger partial charge in [-0.1, -0.05) is 32.0 Å². The van der Waals surface area contributed by atoms with Crippen molar-refractivity contribution in [3.8, 4) is 11.3 Å². The molecule has 0 radical (unpaired) electrons. The van der Waals surface area contributed by atoms with Gasteiger partial charge in [0, 0.05) is 17.4 Å². The monoisotopic (exact) mass is 226 g/mol. The van der Waals surface area contributed by atoms with E-state index in [-0.39, 0.29) is 0 Å². The van der Waals surface area contributed by atoms with E-state index in [1.807, 2.05) is 12.1 Å². The molecular weight excluding hydrogens is 208 g/mol. The van der Waals surface area contributed by atoms with Gasteiger partial charge < -0.3 is 5.73 Å². The Morgan fingerprint density at radius 3 is 2.71 bits per heavy atom. The quantitative estimate of drug-likeness (QED) is 0.869. The van der Waals surface area contributed by atoms with Gasteiger partial charge >= 0.3 is 0 Å². The molecule has 0 amide bonds. The van der Waals surface area contributed by atoms with Gasteiger partial charge in [0.2, 0.25) is 0 Å². The molecule has 2 nitrogen and oxygen atoms in total. The molecule has 88 valence electrons. The minimum atomic E-state index is 0.666. The minimum absolute atomic E-state index is 0.666. The second-order valence-electron chi connectivity index (χ2n) is 4.77. The molecule has 2 aromatic rings. The van der Waals surface area contributed by atoms with Crippen LogP contribution in [-0.2, 0) is 6.42 Å². The Balaban J connectivity index is 2.33. The van der Waals surface area contributed by atoms with Crippen molar-refractivity contribution in [2.75, 3.05) is 5.73 Å². The maximum Gasteiger partial charge on any atom is 0.0722 e. The number of benzene rings is 1. The number of aromatic nitrogens is 1. The summed E-state index contributed by atoms with van der Waals surface area (Å²) in [6, 6.07) is 12.2. The third-order valence-electron chi connectivity index (χ3n) is 2.65. The molecule has 0 bridgehead atoms. The van der Waals surface area contributed by atoms with Crippen LogP contribution in [0.1, 0.15) is 19.4 Å². The van der Waals surface area contributed by atoms with Gasteiger partial charge in [0.05, 0.1) is 5.69 Å². The van der Waals surface area contributed by atoms with Crippen LogP contribution in [0.3, 0.4) is 0 Å². The predicted molar refractivity (Wildman–Crippen MR) is 72.6 cm³/mol. The Bertz CT molecular complexity index is 504. The lowest BCUT2D eigenvalue weighted by atomic mass is 10.00. The van der Waals surface area contributed by atoms with Crippen molar-refractivity contribution in [3.05, 3.63) is 48.2 Å². The number of anilines is 1. The van der Waals surface area contributed by atoms with Gasteiger partial charge in [0.1, 0.15) is 0 Å². The van der Waals surface area contributed by atoms with E-state index < -0.39 is 0 Å². The van der Waals surface area contributed by atoms with Gasteiger partial charge in [-0.15, -0.1) is 0 Å². The summed E-state index contributed by atoms with van der Waals surface area (Å²) in [7, 11) is 0. The molecule has 0 saturated carbocycles. The molecule has 2 heteroatoms. The fourth-order valence-corrected chi connectivity index (χ4v) is 1.93. The standard InChI is InChI=1S/C15H18N2/c1-11(2)8-12-4-3-5-13(9-12)15-10-14(16)6-7-17-15/h3-7,9-11H,8H2,1-2H3,(H2,16,17). The fourth-order valence-electron chi connectivity index (χ4n) is 1.93. The first kappa shape index (κ1) is 11.6. The first-order chi connectivity index (χ1) is 8.15. The molecule has 0 aliphatic carbocycles. The normalized spacial score (nSPS) is 10.8. The summed E-state index contributed by atoms with van der Waals surface area (Å²) in [5, 5.41) is 0. The van der Waals surface area contributed by atoms with Crippen LogP contribution in [0.25, 0.3) is 11.3 Å². The van der Waals surface area contributed by atoms with Crippen molar-refractivity contribution in [1.82, 2.24) is 4.98 Å². The molecule has 1 aromatic heterocycles. The van der Waals surface area contributed by atoms with Gasteiger partial charge in [-0.3, -0.25) is 4.98 Å². The van der Waals surface area contributed by atoms with E-state index in [0.717, 1.165) is 23.4 Å². The smallest absolute Gasteiger partial charge is 0.0722 e. The SMILES string of the molecule is CC(C)Cc1cccc(-c2cc(N)ccn2)c1. The molecule has 0 spiro atoms. The van der Waals surface area contributed by atoms with Crippen LogP contribution in [0.2, 0.25) is 0 Å². The molecule has 2 N–H and O–H groups in total. The molecule has 17 heavy (non-hydrogen) atoms. The zero-order valence-corrected chi connectivity index (χ0v) is 10.4. The van der Waals surface area contributed by atoms with Crippen molar-refractivity contribution in [2.24, 2.45) is 5.92 Å². The summed E-state index contributed by atoms with van der Waals surface area (Å²) in [5.41, 5.74) is 9.95. The van der Waals surface area contributed by atoms with Crippen LogP contribution in [0.15, 0.2) is 42.6 Å². The summed E-state index contributed by atoms with van der Waals surface area (Å²) in [5.74, 6) is 0.666. The predicted octanol–water partition coefficient (Wildman–Crippen LogP) is 3.53. The van der Waals surface area contributed by atoms with Crippen molar-refractivity contribution in [3.63, 3.8) is 0 Å². The zero-order valence-electron chi connectivity index (χ0n) is 10.4. The molecule has 0 aliphatic rings. The summed E-state index contributed by atoms with van der Waals surface area (Å²) < 4.78 is 0. The topological polar surface area (TPSA) is 38.9 Å². The summed E-state index contributed by atoms with van der Waals surface area (Å²) in [6.45, 7) is 4.46. The van der Waals surface area contributed by atoms with Crippen LogP contribution in [0.4, 0.5) is 5.69 Å². The third-order valence-corrected chi connectivity index (χ3v) is 2.65. The summed E-state index contributed by atoms with van der Waals surface area (Å²) in [6.07, 6.45) is 2.84. The van der Waals surface area contributed by atoms with Crippen molar-refractivity contribution in [2.45, 2.75) is 20.3 Å². The Labute approximate surface area is 103 Å². The average Bonchev–Trinajstić information content (AvgIpc) is 2.28. The van der Waals surface area contributed by atoms with Gasteiger partial charge in [0.15, 0.2) is 0 Å². The molecule has 0 atom stereocenters. The number of pyridine rings is 1. The first-order valence-electron chi connectivity index (χ1n) is 5.96. The Kier molecular flexibility index (Phi) is 3.43. The van der Waals surface area contributed by atoms with Crippen molar-refractivity contribution >= 4 is 5.69 Å². The molecule has 0 unspecified atom stereocenters. The molecule has 1 heterocycles. The number of nitrogen functional groups attached to an aromatic ring is 1. The number of hydrogen-bond acceptors (Lipinski definition) is 2. The van der Waals surface area contributed by atoms with Crippen molar-refractivity contribution < 1.29 is 0 Å². The fraction of sp³-hybridized carbons (Fsp3) is 0.267. The van der Waals surface area contributed by atoms with Gasteiger partial charge in [-0.2, -0.15) is 0 Å². The maximum absolute atomic E-state index is 5.77. The number of hydrogen-bond donors (Lipinski definition) is 1. The van der Waals surface area contributed by atoms with E-state index in [1.54, 1.807) is 6.20 Å². The number of rotatable bonds is 3.